The van der Waals surface area contributed by atoms with Crippen molar-refractivity contribution >= 4 is 23.2 Å². The van der Waals surface area contributed by atoms with Crippen molar-refractivity contribution in [3.63, 3.8) is 0 Å². The Bertz CT molecular complexity index is 959. The molecular weight excluding hydrogens is 362 g/mol. The van der Waals surface area contributed by atoms with Crippen molar-refractivity contribution in [2.24, 2.45) is 4.99 Å². The predicted molar refractivity (Wildman–Crippen MR) is 115 cm³/mol. The number of carbonyl (C=O) groups excluding carboxylic acids is 2. The van der Waals surface area contributed by atoms with Gasteiger partial charge in [-0.25, -0.2) is 0 Å². The van der Waals surface area contributed by atoms with Gasteiger partial charge in [0.15, 0.2) is 0 Å². The Labute approximate surface area is 171 Å². The molecule has 1 heterocycles. The molecule has 2 aromatic carbocycles. The van der Waals surface area contributed by atoms with Gasteiger partial charge in [0, 0.05) is 11.3 Å². The highest BCUT2D eigenvalue weighted by atomic mass is 16.2. The number of amides is 2. The Balaban J connectivity index is 1.58. The van der Waals surface area contributed by atoms with Crippen molar-refractivity contribution in [2.45, 2.75) is 51.6 Å². The normalized spacial score (nSPS) is 17.7. The summed E-state index contributed by atoms with van der Waals surface area (Å²) in [5.41, 5.74) is 3.71. The maximum atomic E-state index is 13.3. The fraction of sp³-hybridized carbons (Fsp3) is 0.375. The highest BCUT2D eigenvalue weighted by molar-refractivity contribution is 6.47. The number of anilines is 1. The number of aliphatic imine (C=N–C) groups is 1. The summed E-state index contributed by atoms with van der Waals surface area (Å²) in [5, 5.41) is 3.05. The summed E-state index contributed by atoms with van der Waals surface area (Å²) in [5.74, 6) is -0.313. The SMILES string of the molecule is CCc1cccc(C)c1NC(=O)CN1C(=O)C(c2ccccc2)=NC12CCCC2. The molecule has 0 radical (unpaired) electrons. The summed E-state index contributed by atoms with van der Waals surface area (Å²) in [6.07, 6.45) is 4.51. The molecule has 0 unspecified atom stereocenters. The Morgan fingerprint density at radius 1 is 1.10 bits per heavy atom. The minimum absolute atomic E-state index is 0.0240. The first-order valence-corrected chi connectivity index (χ1v) is 10.4. The number of rotatable bonds is 5. The lowest BCUT2D eigenvalue weighted by Gasteiger charge is -2.32. The van der Waals surface area contributed by atoms with Gasteiger partial charge in [0.1, 0.15) is 17.9 Å². The average Bonchev–Trinajstić information content (AvgIpc) is 3.31. The molecule has 150 valence electrons. The Hall–Kier alpha value is -2.95. The summed E-state index contributed by atoms with van der Waals surface area (Å²) in [6.45, 7) is 4.09. The van der Waals surface area contributed by atoms with Crippen LogP contribution in [0.2, 0.25) is 0 Å². The molecule has 5 heteroatoms. The molecule has 0 atom stereocenters. The molecule has 0 bridgehead atoms. The first-order valence-electron chi connectivity index (χ1n) is 10.4. The Morgan fingerprint density at radius 2 is 1.83 bits per heavy atom. The van der Waals surface area contributed by atoms with Crippen LogP contribution in [0.5, 0.6) is 0 Å². The summed E-state index contributed by atoms with van der Waals surface area (Å²) in [7, 11) is 0. The maximum Gasteiger partial charge on any atom is 0.275 e. The van der Waals surface area contributed by atoms with Crippen LogP contribution in [-0.2, 0) is 16.0 Å². The zero-order valence-corrected chi connectivity index (χ0v) is 17.1. The van der Waals surface area contributed by atoms with Gasteiger partial charge in [-0.05, 0) is 50.2 Å². The molecule has 1 N–H and O–H groups in total. The van der Waals surface area contributed by atoms with Crippen LogP contribution in [0.1, 0.15) is 49.3 Å². The third kappa shape index (κ3) is 3.57. The van der Waals surface area contributed by atoms with Gasteiger partial charge >= 0.3 is 0 Å². The Kier molecular flexibility index (Phi) is 5.22. The van der Waals surface area contributed by atoms with E-state index in [0.29, 0.717) is 5.71 Å². The number of benzene rings is 2. The van der Waals surface area contributed by atoms with Crippen LogP contribution in [0.3, 0.4) is 0 Å². The highest BCUT2D eigenvalue weighted by Gasteiger charge is 2.49. The molecule has 0 aromatic heterocycles. The van der Waals surface area contributed by atoms with E-state index in [-0.39, 0.29) is 18.4 Å². The Morgan fingerprint density at radius 3 is 2.52 bits per heavy atom. The van der Waals surface area contributed by atoms with Gasteiger partial charge in [0.25, 0.3) is 5.91 Å². The molecule has 1 spiro atoms. The van der Waals surface area contributed by atoms with E-state index in [4.69, 9.17) is 4.99 Å². The number of nitrogens with one attached hydrogen (secondary N) is 1. The molecule has 2 aromatic rings. The smallest absolute Gasteiger partial charge is 0.275 e. The molecule has 1 aliphatic carbocycles. The summed E-state index contributed by atoms with van der Waals surface area (Å²) in [6, 6.07) is 15.6. The van der Waals surface area contributed by atoms with E-state index in [1.165, 1.54) is 0 Å². The third-order valence-electron chi connectivity index (χ3n) is 6.03. The van der Waals surface area contributed by atoms with E-state index in [0.717, 1.165) is 54.5 Å². The molecule has 2 aliphatic rings. The van der Waals surface area contributed by atoms with Crippen LogP contribution < -0.4 is 5.32 Å². The van der Waals surface area contributed by atoms with Crippen LogP contribution in [0.25, 0.3) is 0 Å². The summed E-state index contributed by atoms with van der Waals surface area (Å²) < 4.78 is 0. The lowest BCUT2D eigenvalue weighted by Crippen LogP contribution is -2.48. The van der Waals surface area contributed by atoms with Gasteiger partial charge in [-0.2, -0.15) is 0 Å². The summed E-state index contributed by atoms with van der Waals surface area (Å²) in [4.78, 5) is 32.8. The van der Waals surface area contributed by atoms with Gasteiger partial charge in [0.05, 0.1) is 0 Å². The minimum atomic E-state index is -0.571. The quantitative estimate of drug-likeness (QED) is 0.837. The van der Waals surface area contributed by atoms with E-state index >= 15 is 0 Å². The summed E-state index contributed by atoms with van der Waals surface area (Å²) >= 11 is 0. The second-order valence-electron chi connectivity index (χ2n) is 7.92. The van der Waals surface area contributed by atoms with Crippen molar-refractivity contribution in [1.29, 1.82) is 0 Å². The van der Waals surface area contributed by atoms with Crippen LogP contribution in [0, 0.1) is 6.92 Å². The monoisotopic (exact) mass is 389 g/mol. The molecule has 2 amide bonds. The zero-order chi connectivity index (χ0) is 20.4. The minimum Gasteiger partial charge on any atom is -0.324 e. The number of aryl methyl sites for hydroxylation is 2. The topological polar surface area (TPSA) is 61.8 Å². The largest absolute Gasteiger partial charge is 0.324 e. The second kappa shape index (κ2) is 7.82. The van der Waals surface area contributed by atoms with E-state index in [9.17, 15) is 9.59 Å². The van der Waals surface area contributed by atoms with Crippen molar-refractivity contribution in [1.82, 2.24) is 4.90 Å². The van der Waals surface area contributed by atoms with E-state index < -0.39 is 5.66 Å². The van der Waals surface area contributed by atoms with Crippen LogP contribution >= 0.6 is 0 Å². The number of hydrogen-bond acceptors (Lipinski definition) is 3. The number of nitrogens with zero attached hydrogens (tertiary/aromatic N) is 2. The first-order chi connectivity index (χ1) is 14.0. The average molecular weight is 389 g/mol. The number of para-hydroxylation sites is 1. The van der Waals surface area contributed by atoms with Gasteiger partial charge < -0.3 is 10.2 Å². The zero-order valence-electron chi connectivity index (χ0n) is 17.1. The molecule has 1 saturated carbocycles. The van der Waals surface area contributed by atoms with Gasteiger partial charge in [-0.3, -0.25) is 14.6 Å². The van der Waals surface area contributed by atoms with Crippen molar-refractivity contribution < 1.29 is 9.59 Å². The van der Waals surface area contributed by atoms with Crippen molar-refractivity contribution in [2.75, 3.05) is 11.9 Å². The maximum absolute atomic E-state index is 13.3. The van der Waals surface area contributed by atoms with Crippen molar-refractivity contribution in [3.05, 3.63) is 65.2 Å². The van der Waals surface area contributed by atoms with Crippen molar-refractivity contribution in [3.8, 4) is 0 Å². The molecular formula is C24H27N3O2. The van der Waals surface area contributed by atoms with E-state index in [2.05, 4.69) is 12.2 Å². The van der Waals surface area contributed by atoms with E-state index in [1.54, 1.807) is 4.90 Å². The predicted octanol–water partition coefficient (Wildman–Crippen LogP) is 4.10. The molecule has 4 rings (SSSR count). The van der Waals surface area contributed by atoms with Crippen LogP contribution in [0.4, 0.5) is 5.69 Å². The highest BCUT2D eigenvalue weighted by Crippen LogP contribution is 2.41. The molecule has 5 nitrogen and oxygen atoms in total. The lowest BCUT2D eigenvalue weighted by molar-refractivity contribution is -0.132. The standard InChI is InChI=1S/C24H27N3O2/c1-3-18-13-9-10-17(2)21(18)25-20(28)16-27-23(29)22(19-11-5-4-6-12-19)26-24(27)14-7-8-15-24/h4-6,9-13H,3,7-8,14-16H2,1-2H3,(H,25,28). The lowest BCUT2D eigenvalue weighted by atomic mass is 10.1. The molecule has 1 aliphatic heterocycles. The van der Waals surface area contributed by atoms with Gasteiger partial charge in [-0.15, -0.1) is 0 Å². The van der Waals surface area contributed by atoms with Crippen LogP contribution in [0.15, 0.2) is 53.5 Å². The number of hydrogen-bond donors (Lipinski definition) is 1. The first kappa shape index (κ1) is 19.4. The molecule has 0 saturated heterocycles. The second-order valence-corrected chi connectivity index (χ2v) is 7.92. The van der Waals surface area contributed by atoms with Gasteiger partial charge in [-0.1, -0.05) is 55.5 Å². The fourth-order valence-electron chi connectivity index (χ4n) is 4.48. The van der Waals surface area contributed by atoms with Gasteiger partial charge in [0.2, 0.25) is 5.91 Å². The van der Waals surface area contributed by atoms with E-state index in [1.807, 2.05) is 55.5 Å². The molecule has 29 heavy (non-hydrogen) atoms. The fourth-order valence-corrected chi connectivity index (χ4v) is 4.48. The number of carbonyl (C=O) groups is 2. The third-order valence-corrected chi connectivity index (χ3v) is 6.03. The van der Waals surface area contributed by atoms with Crippen LogP contribution in [-0.4, -0.2) is 34.6 Å². The molecule has 1 fully saturated rings.